The molecule has 1 unspecified atom stereocenters. The van der Waals surface area contributed by atoms with E-state index in [-0.39, 0.29) is 12.2 Å². The minimum Gasteiger partial charge on any atom is -0.512 e. The lowest BCUT2D eigenvalue weighted by Crippen LogP contribution is -2.38. The fourth-order valence-electron chi connectivity index (χ4n) is 3.92. The molecule has 3 nitrogen and oxygen atoms in total. The largest absolute Gasteiger partial charge is 0.512 e. The zero-order valence-electron chi connectivity index (χ0n) is 16.3. The number of aliphatic hydroxyl groups is 1. The summed E-state index contributed by atoms with van der Waals surface area (Å²) in [6.45, 7) is 0. The van der Waals surface area contributed by atoms with E-state index >= 15 is 0 Å². The van der Waals surface area contributed by atoms with Gasteiger partial charge in [-0.3, -0.25) is 0 Å². The smallest absolute Gasteiger partial charge is 0.338 e. The number of ether oxygens (including phenoxy) is 1. The lowest BCUT2D eigenvalue weighted by Gasteiger charge is -2.38. The van der Waals surface area contributed by atoms with Gasteiger partial charge in [0.1, 0.15) is 11.4 Å². The van der Waals surface area contributed by atoms with E-state index in [1.807, 2.05) is 78.9 Å². The second-order valence-corrected chi connectivity index (χ2v) is 7.50. The van der Waals surface area contributed by atoms with Crippen molar-refractivity contribution in [2.45, 2.75) is 31.3 Å². The number of carbonyl (C=O) groups is 1. The van der Waals surface area contributed by atoms with Crippen LogP contribution in [0.15, 0.2) is 102 Å². The first-order valence-corrected chi connectivity index (χ1v) is 9.94. The third kappa shape index (κ3) is 4.24. The molecule has 0 amide bonds. The van der Waals surface area contributed by atoms with Gasteiger partial charge in [0.25, 0.3) is 0 Å². The zero-order valence-corrected chi connectivity index (χ0v) is 16.3. The first-order valence-electron chi connectivity index (χ1n) is 9.94. The number of aliphatic hydroxyl groups excluding tert-OH is 1. The quantitative estimate of drug-likeness (QED) is 0.570. The highest BCUT2D eigenvalue weighted by molar-refractivity contribution is 5.91. The number of aryl methyl sites for hydroxylation is 1. The average molecular weight is 384 g/mol. The van der Waals surface area contributed by atoms with Crippen LogP contribution in [0.25, 0.3) is 0 Å². The summed E-state index contributed by atoms with van der Waals surface area (Å²) in [6.07, 6.45) is 2.02. The van der Waals surface area contributed by atoms with E-state index in [0.29, 0.717) is 18.4 Å². The summed E-state index contributed by atoms with van der Waals surface area (Å²) < 4.78 is 6.08. The summed E-state index contributed by atoms with van der Waals surface area (Å²) in [5.74, 6) is -0.309. The van der Waals surface area contributed by atoms with Gasteiger partial charge < -0.3 is 9.84 Å². The van der Waals surface area contributed by atoms with E-state index < -0.39 is 11.6 Å². The molecule has 0 fully saturated rings. The Balaban J connectivity index is 1.64. The van der Waals surface area contributed by atoms with Gasteiger partial charge in [-0.25, -0.2) is 4.79 Å². The van der Waals surface area contributed by atoms with Crippen LogP contribution in [-0.4, -0.2) is 11.1 Å². The van der Waals surface area contributed by atoms with Gasteiger partial charge >= 0.3 is 5.97 Å². The van der Waals surface area contributed by atoms with Crippen LogP contribution in [0, 0.1) is 0 Å². The van der Waals surface area contributed by atoms with Gasteiger partial charge in [0.15, 0.2) is 0 Å². The van der Waals surface area contributed by atoms with Crippen LogP contribution in [0.4, 0.5) is 0 Å². The van der Waals surface area contributed by atoms with Crippen molar-refractivity contribution in [2.75, 3.05) is 0 Å². The highest BCUT2D eigenvalue weighted by Gasteiger charge is 2.43. The Morgan fingerprint density at radius 1 is 0.793 bits per heavy atom. The molecule has 146 valence electrons. The van der Waals surface area contributed by atoms with Gasteiger partial charge in [-0.2, -0.15) is 0 Å². The normalized spacial score (nSPS) is 19.1. The van der Waals surface area contributed by atoms with Gasteiger partial charge in [0.2, 0.25) is 0 Å². The van der Waals surface area contributed by atoms with Gasteiger partial charge in [-0.1, -0.05) is 91.0 Å². The molecule has 1 N–H and O–H groups in total. The van der Waals surface area contributed by atoms with Crippen LogP contribution in [0.3, 0.4) is 0 Å². The monoisotopic (exact) mass is 384 g/mol. The van der Waals surface area contributed by atoms with Gasteiger partial charge in [0.05, 0.1) is 5.57 Å². The third-order valence-electron chi connectivity index (χ3n) is 5.52. The van der Waals surface area contributed by atoms with Crippen molar-refractivity contribution in [1.29, 1.82) is 0 Å². The lowest BCUT2D eigenvalue weighted by atomic mass is 9.81. The second-order valence-electron chi connectivity index (χ2n) is 7.50. The summed E-state index contributed by atoms with van der Waals surface area (Å²) >= 11 is 0. The van der Waals surface area contributed by atoms with E-state index in [0.717, 1.165) is 17.5 Å². The van der Waals surface area contributed by atoms with E-state index in [2.05, 4.69) is 12.1 Å². The molecule has 0 radical (unpaired) electrons. The first-order chi connectivity index (χ1) is 14.2. The fraction of sp³-hybridized carbons (Fsp3) is 0.192. The summed E-state index contributed by atoms with van der Waals surface area (Å²) in [7, 11) is 0. The first kappa shape index (κ1) is 19.0. The molecule has 1 aliphatic heterocycles. The Bertz CT molecular complexity index is 994. The zero-order chi connectivity index (χ0) is 20.1. The maximum absolute atomic E-state index is 13.0. The maximum atomic E-state index is 13.0. The van der Waals surface area contributed by atoms with Crippen molar-refractivity contribution in [3.8, 4) is 0 Å². The van der Waals surface area contributed by atoms with E-state index in [9.17, 15) is 9.90 Å². The minimum atomic E-state index is -0.863. The molecule has 0 saturated carbocycles. The molecule has 0 saturated heterocycles. The van der Waals surface area contributed by atoms with E-state index in [1.54, 1.807) is 0 Å². The Hall–Kier alpha value is -3.33. The third-order valence-corrected chi connectivity index (χ3v) is 5.52. The minimum absolute atomic E-state index is 0.127. The molecule has 3 heteroatoms. The van der Waals surface area contributed by atoms with Crippen molar-refractivity contribution in [1.82, 2.24) is 0 Å². The van der Waals surface area contributed by atoms with Crippen molar-refractivity contribution < 1.29 is 14.6 Å². The van der Waals surface area contributed by atoms with Gasteiger partial charge in [-0.15, -0.1) is 0 Å². The van der Waals surface area contributed by atoms with Crippen LogP contribution in [0.2, 0.25) is 0 Å². The molecular formula is C26H24O3. The number of esters is 1. The second kappa shape index (κ2) is 8.36. The molecule has 3 aromatic carbocycles. The predicted molar refractivity (Wildman–Crippen MR) is 113 cm³/mol. The number of hydrogen-bond donors (Lipinski definition) is 1. The summed E-state index contributed by atoms with van der Waals surface area (Å²) in [4.78, 5) is 13.0. The van der Waals surface area contributed by atoms with Crippen LogP contribution in [0.5, 0.6) is 0 Å². The molecular weight excluding hydrogens is 360 g/mol. The molecule has 0 bridgehead atoms. The SMILES string of the molecule is O=C1OC(CCc2ccccc2)(c2ccccc2)CC(O)=C1Cc1ccccc1. The van der Waals surface area contributed by atoms with Crippen LogP contribution < -0.4 is 0 Å². The summed E-state index contributed by atoms with van der Waals surface area (Å²) in [5.41, 5.74) is 2.55. The van der Waals surface area contributed by atoms with Crippen LogP contribution in [-0.2, 0) is 28.0 Å². The summed E-state index contributed by atoms with van der Waals surface area (Å²) in [5, 5.41) is 10.9. The molecule has 1 heterocycles. The van der Waals surface area contributed by atoms with Crippen molar-refractivity contribution in [3.05, 3.63) is 119 Å². The molecule has 0 aromatic heterocycles. The van der Waals surface area contributed by atoms with E-state index in [4.69, 9.17) is 4.74 Å². The fourth-order valence-corrected chi connectivity index (χ4v) is 3.92. The average Bonchev–Trinajstić information content (AvgIpc) is 2.77. The Labute approximate surface area is 171 Å². The van der Waals surface area contributed by atoms with Gasteiger partial charge in [-0.05, 0) is 29.5 Å². The topological polar surface area (TPSA) is 46.5 Å². The highest BCUT2D eigenvalue weighted by atomic mass is 16.6. The van der Waals surface area contributed by atoms with Crippen molar-refractivity contribution >= 4 is 5.97 Å². The molecule has 3 aromatic rings. The molecule has 29 heavy (non-hydrogen) atoms. The number of benzene rings is 3. The lowest BCUT2D eigenvalue weighted by molar-refractivity contribution is -0.161. The number of cyclic esters (lactones) is 1. The van der Waals surface area contributed by atoms with Crippen molar-refractivity contribution in [3.63, 3.8) is 0 Å². The Kier molecular flexibility index (Phi) is 5.48. The Morgan fingerprint density at radius 2 is 1.34 bits per heavy atom. The number of hydrogen-bond acceptors (Lipinski definition) is 3. The van der Waals surface area contributed by atoms with E-state index in [1.165, 1.54) is 5.56 Å². The molecule has 1 atom stereocenters. The molecule has 4 rings (SSSR count). The summed E-state index contributed by atoms with van der Waals surface area (Å²) in [6, 6.07) is 29.6. The van der Waals surface area contributed by atoms with Crippen LogP contribution >= 0.6 is 0 Å². The standard InChI is InChI=1S/C26H24O3/c27-24-19-26(22-14-8-3-9-15-22,17-16-20-10-4-1-5-11-20)29-25(28)23(24)18-21-12-6-2-7-13-21/h1-15,27H,16-19H2. The number of rotatable bonds is 6. The van der Waals surface area contributed by atoms with Crippen molar-refractivity contribution in [2.24, 2.45) is 0 Å². The molecule has 1 aliphatic rings. The van der Waals surface area contributed by atoms with Crippen LogP contribution in [0.1, 0.15) is 29.5 Å². The van der Waals surface area contributed by atoms with Gasteiger partial charge in [0, 0.05) is 12.8 Å². The Morgan fingerprint density at radius 3 is 1.93 bits per heavy atom. The number of carbonyl (C=O) groups excluding carboxylic acids is 1. The predicted octanol–water partition coefficient (Wildman–Crippen LogP) is 5.52. The highest BCUT2D eigenvalue weighted by Crippen LogP contribution is 2.41. The molecule has 0 spiro atoms. The molecule has 0 aliphatic carbocycles. The maximum Gasteiger partial charge on any atom is 0.338 e.